The average Bonchev–Trinajstić information content (AvgIpc) is 2.54. The molecule has 0 aliphatic heterocycles. The molecule has 5 heteroatoms. The zero-order valence-corrected chi connectivity index (χ0v) is 13.1. The highest BCUT2D eigenvalue weighted by atomic mass is 16.5. The SMILES string of the molecule is COc1cc(OC)cc(C(=O)Nc2ccc(OC)c(C)c2)c1. The Hall–Kier alpha value is -2.69. The molecule has 0 aliphatic carbocycles. The molecule has 22 heavy (non-hydrogen) atoms. The van der Waals surface area contributed by atoms with Gasteiger partial charge in [-0.15, -0.1) is 0 Å². The van der Waals surface area contributed by atoms with Crippen molar-refractivity contribution >= 4 is 11.6 Å². The maximum Gasteiger partial charge on any atom is 0.255 e. The van der Waals surface area contributed by atoms with Crippen LogP contribution in [0.2, 0.25) is 0 Å². The van der Waals surface area contributed by atoms with Crippen LogP contribution in [0.15, 0.2) is 36.4 Å². The number of rotatable bonds is 5. The van der Waals surface area contributed by atoms with Gasteiger partial charge in [0.05, 0.1) is 21.3 Å². The van der Waals surface area contributed by atoms with Crippen molar-refractivity contribution in [2.45, 2.75) is 6.92 Å². The molecular weight excluding hydrogens is 282 g/mol. The first kappa shape index (κ1) is 15.7. The van der Waals surface area contributed by atoms with Gasteiger partial charge in [-0.1, -0.05) is 0 Å². The molecule has 1 N–H and O–H groups in total. The number of anilines is 1. The van der Waals surface area contributed by atoms with Crippen LogP contribution in [-0.2, 0) is 0 Å². The Balaban J connectivity index is 2.23. The van der Waals surface area contributed by atoms with Crippen LogP contribution in [0.5, 0.6) is 17.2 Å². The largest absolute Gasteiger partial charge is 0.497 e. The van der Waals surface area contributed by atoms with Crippen molar-refractivity contribution in [3.05, 3.63) is 47.5 Å². The maximum absolute atomic E-state index is 12.4. The summed E-state index contributed by atoms with van der Waals surface area (Å²) < 4.78 is 15.5. The van der Waals surface area contributed by atoms with E-state index in [1.807, 2.05) is 19.1 Å². The smallest absolute Gasteiger partial charge is 0.255 e. The maximum atomic E-state index is 12.4. The molecule has 0 saturated carbocycles. The molecule has 116 valence electrons. The number of aryl methyl sites for hydroxylation is 1. The van der Waals surface area contributed by atoms with Crippen LogP contribution >= 0.6 is 0 Å². The molecular formula is C17H19NO4. The van der Waals surface area contributed by atoms with Gasteiger partial charge in [-0.3, -0.25) is 4.79 Å². The fourth-order valence-corrected chi connectivity index (χ4v) is 2.10. The molecule has 0 unspecified atom stereocenters. The van der Waals surface area contributed by atoms with Crippen LogP contribution in [0.25, 0.3) is 0 Å². The van der Waals surface area contributed by atoms with Gasteiger partial charge < -0.3 is 19.5 Å². The lowest BCUT2D eigenvalue weighted by Gasteiger charge is -2.11. The zero-order valence-electron chi connectivity index (χ0n) is 13.1. The monoisotopic (exact) mass is 301 g/mol. The number of hydrogen-bond donors (Lipinski definition) is 1. The molecule has 0 atom stereocenters. The van der Waals surface area contributed by atoms with Gasteiger partial charge in [0.2, 0.25) is 0 Å². The van der Waals surface area contributed by atoms with E-state index in [-0.39, 0.29) is 5.91 Å². The van der Waals surface area contributed by atoms with Crippen molar-refractivity contribution in [2.24, 2.45) is 0 Å². The summed E-state index contributed by atoms with van der Waals surface area (Å²) in [5.74, 6) is 1.67. The standard InChI is InChI=1S/C17H19NO4/c1-11-7-13(5-6-16(11)22-4)18-17(19)12-8-14(20-2)10-15(9-12)21-3/h5-10H,1-4H3,(H,18,19). The Morgan fingerprint density at radius 2 is 1.55 bits per heavy atom. The van der Waals surface area contributed by atoms with Crippen LogP contribution in [0.3, 0.4) is 0 Å². The molecule has 1 amide bonds. The molecule has 0 heterocycles. The topological polar surface area (TPSA) is 56.8 Å². The van der Waals surface area contributed by atoms with Gasteiger partial charge in [0.25, 0.3) is 5.91 Å². The lowest BCUT2D eigenvalue weighted by Crippen LogP contribution is -2.12. The third-order valence-corrected chi connectivity index (χ3v) is 3.27. The summed E-state index contributed by atoms with van der Waals surface area (Å²) in [6.45, 7) is 1.92. The van der Waals surface area contributed by atoms with Crippen molar-refractivity contribution in [1.82, 2.24) is 0 Å². The van der Waals surface area contributed by atoms with E-state index in [0.717, 1.165) is 11.3 Å². The summed E-state index contributed by atoms with van der Waals surface area (Å²) in [6, 6.07) is 10.5. The zero-order chi connectivity index (χ0) is 16.1. The van der Waals surface area contributed by atoms with Crippen molar-refractivity contribution in [3.8, 4) is 17.2 Å². The predicted molar refractivity (Wildman–Crippen MR) is 85.2 cm³/mol. The Labute approximate surface area is 129 Å². The fourth-order valence-electron chi connectivity index (χ4n) is 2.10. The molecule has 5 nitrogen and oxygen atoms in total. The number of nitrogens with one attached hydrogen (secondary N) is 1. The van der Waals surface area contributed by atoms with Crippen LogP contribution in [0.1, 0.15) is 15.9 Å². The molecule has 0 aromatic heterocycles. The van der Waals surface area contributed by atoms with E-state index < -0.39 is 0 Å². The average molecular weight is 301 g/mol. The lowest BCUT2D eigenvalue weighted by atomic mass is 10.1. The third-order valence-electron chi connectivity index (χ3n) is 3.27. The normalized spacial score (nSPS) is 10.0. The number of ether oxygens (including phenoxy) is 3. The first-order valence-corrected chi connectivity index (χ1v) is 6.76. The molecule has 0 bridgehead atoms. The molecule has 2 aromatic carbocycles. The molecule has 2 aromatic rings. The Morgan fingerprint density at radius 1 is 0.909 bits per heavy atom. The van der Waals surface area contributed by atoms with Gasteiger partial charge >= 0.3 is 0 Å². The summed E-state index contributed by atoms with van der Waals surface area (Å²) >= 11 is 0. The third kappa shape index (κ3) is 3.49. The van der Waals surface area contributed by atoms with Crippen LogP contribution in [0.4, 0.5) is 5.69 Å². The van der Waals surface area contributed by atoms with Crippen molar-refractivity contribution < 1.29 is 19.0 Å². The second-order valence-corrected chi connectivity index (χ2v) is 4.74. The number of carbonyl (C=O) groups excluding carboxylic acids is 1. The van der Waals surface area contributed by atoms with E-state index in [2.05, 4.69) is 5.32 Å². The van der Waals surface area contributed by atoms with Crippen LogP contribution in [0, 0.1) is 6.92 Å². The molecule has 0 saturated heterocycles. The Kier molecular flexibility index (Phi) is 4.88. The molecule has 0 radical (unpaired) electrons. The highest BCUT2D eigenvalue weighted by molar-refractivity contribution is 6.04. The minimum Gasteiger partial charge on any atom is -0.497 e. The number of hydrogen-bond acceptors (Lipinski definition) is 4. The summed E-state index contributed by atoms with van der Waals surface area (Å²) in [5.41, 5.74) is 2.11. The van der Waals surface area contributed by atoms with E-state index in [1.54, 1.807) is 45.6 Å². The van der Waals surface area contributed by atoms with Crippen LogP contribution < -0.4 is 19.5 Å². The van der Waals surface area contributed by atoms with Crippen LogP contribution in [-0.4, -0.2) is 27.2 Å². The fraction of sp³-hybridized carbons (Fsp3) is 0.235. The van der Waals surface area contributed by atoms with E-state index >= 15 is 0 Å². The van der Waals surface area contributed by atoms with Gasteiger partial charge in [-0.2, -0.15) is 0 Å². The van der Waals surface area contributed by atoms with Gasteiger partial charge in [0, 0.05) is 17.3 Å². The van der Waals surface area contributed by atoms with Crippen molar-refractivity contribution in [3.63, 3.8) is 0 Å². The number of methoxy groups -OCH3 is 3. The van der Waals surface area contributed by atoms with Crippen molar-refractivity contribution in [1.29, 1.82) is 0 Å². The second-order valence-electron chi connectivity index (χ2n) is 4.74. The van der Waals surface area contributed by atoms with Gasteiger partial charge in [-0.05, 0) is 42.8 Å². The minimum absolute atomic E-state index is 0.234. The van der Waals surface area contributed by atoms with E-state index in [1.165, 1.54) is 0 Å². The number of benzene rings is 2. The first-order chi connectivity index (χ1) is 10.6. The van der Waals surface area contributed by atoms with E-state index in [0.29, 0.717) is 22.7 Å². The highest BCUT2D eigenvalue weighted by Crippen LogP contribution is 2.25. The molecule has 0 spiro atoms. The lowest BCUT2D eigenvalue weighted by molar-refractivity contribution is 0.102. The summed E-state index contributed by atoms with van der Waals surface area (Å²) in [7, 11) is 4.70. The van der Waals surface area contributed by atoms with E-state index in [9.17, 15) is 4.79 Å². The minimum atomic E-state index is -0.234. The number of carbonyl (C=O) groups is 1. The second kappa shape index (κ2) is 6.85. The highest BCUT2D eigenvalue weighted by Gasteiger charge is 2.11. The Bertz CT molecular complexity index is 660. The quantitative estimate of drug-likeness (QED) is 0.921. The van der Waals surface area contributed by atoms with Gasteiger partial charge in [-0.25, -0.2) is 0 Å². The predicted octanol–water partition coefficient (Wildman–Crippen LogP) is 3.27. The Morgan fingerprint density at radius 3 is 2.05 bits per heavy atom. The molecule has 0 fully saturated rings. The molecule has 0 aliphatic rings. The van der Waals surface area contributed by atoms with Crippen molar-refractivity contribution in [2.75, 3.05) is 26.6 Å². The number of amides is 1. The van der Waals surface area contributed by atoms with Gasteiger partial charge in [0.1, 0.15) is 17.2 Å². The summed E-state index contributed by atoms with van der Waals surface area (Å²) in [4.78, 5) is 12.4. The summed E-state index contributed by atoms with van der Waals surface area (Å²) in [5, 5.41) is 2.85. The van der Waals surface area contributed by atoms with E-state index in [4.69, 9.17) is 14.2 Å². The molecule has 2 rings (SSSR count). The van der Waals surface area contributed by atoms with Gasteiger partial charge in [0.15, 0.2) is 0 Å². The summed E-state index contributed by atoms with van der Waals surface area (Å²) in [6.07, 6.45) is 0. The first-order valence-electron chi connectivity index (χ1n) is 6.76.